The zero-order valence-electron chi connectivity index (χ0n) is 8.94. The highest BCUT2D eigenvalue weighted by Gasteiger charge is 2.22. The van der Waals surface area contributed by atoms with Gasteiger partial charge in [-0.05, 0) is 25.5 Å². The van der Waals surface area contributed by atoms with Gasteiger partial charge in [0, 0.05) is 12.6 Å². The summed E-state index contributed by atoms with van der Waals surface area (Å²) >= 11 is 0. The first-order valence-corrected chi connectivity index (χ1v) is 5.35. The molecule has 1 saturated heterocycles. The molecule has 0 saturated carbocycles. The Balaban J connectivity index is 1.80. The predicted octanol–water partition coefficient (Wildman–Crippen LogP) is 1.10. The fraction of sp³-hybridized carbons (Fsp3) is 0.500. The zero-order chi connectivity index (χ0) is 10.7. The van der Waals surface area contributed by atoms with Gasteiger partial charge >= 0.3 is 0 Å². The molecule has 1 aromatic rings. The summed E-state index contributed by atoms with van der Waals surface area (Å²) in [5, 5.41) is 12.5. The molecule has 0 radical (unpaired) electrons. The molecule has 15 heavy (non-hydrogen) atoms. The Labute approximate surface area is 90.1 Å². The first-order chi connectivity index (χ1) is 7.24. The second-order valence-electron chi connectivity index (χ2n) is 4.12. The fourth-order valence-electron chi connectivity index (χ4n) is 1.76. The quantitative estimate of drug-likeness (QED) is 0.779. The SMILES string of the molecule is Cc1ccc(OC[C@@H]2C[C@@H](O)CN2)cc1. The van der Waals surface area contributed by atoms with Crippen molar-refractivity contribution in [3.05, 3.63) is 29.8 Å². The summed E-state index contributed by atoms with van der Waals surface area (Å²) in [5.41, 5.74) is 1.23. The van der Waals surface area contributed by atoms with E-state index in [1.54, 1.807) is 0 Å². The van der Waals surface area contributed by atoms with E-state index in [0.29, 0.717) is 13.2 Å². The summed E-state index contributed by atoms with van der Waals surface area (Å²) in [5.74, 6) is 0.892. The lowest BCUT2D eigenvalue weighted by molar-refractivity contribution is 0.187. The van der Waals surface area contributed by atoms with Crippen LogP contribution < -0.4 is 10.1 Å². The number of aliphatic hydroxyl groups excluding tert-OH is 1. The van der Waals surface area contributed by atoms with E-state index >= 15 is 0 Å². The van der Waals surface area contributed by atoms with E-state index in [0.717, 1.165) is 12.2 Å². The standard InChI is InChI=1S/C12H17NO2/c1-9-2-4-12(5-3-9)15-8-10-6-11(14)7-13-10/h2-5,10-11,13-14H,6-8H2,1H3/t10-,11+/m0/s1. The first-order valence-electron chi connectivity index (χ1n) is 5.35. The molecule has 2 atom stereocenters. The molecule has 0 amide bonds. The van der Waals surface area contributed by atoms with Crippen molar-refractivity contribution in [1.29, 1.82) is 0 Å². The van der Waals surface area contributed by atoms with Gasteiger partial charge < -0.3 is 15.2 Å². The topological polar surface area (TPSA) is 41.5 Å². The summed E-state index contributed by atoms with van der Waals surface area (Å²) in [7, 11) is 0. The van der Waals surface area contributed by atoms with Crippen molar-refractivity contribution in [2.75, 3.05) is 13.2 Å². The number of benzene rings is 1. The van der Waals surface area contributed by atoms with E-state index in [4.69, 9.17) is 4.74 Å². The molecule has 82 valence electrons. The van der Waals surface area contributed by atoms with Gasteiger partial charge in [-0.2, -0.15) is 0 Å². The molecule has 3 heteroatoms. The van der Waals surface area contributed by atoms with Crippen molar-refractivity contribution in [2.24, 2.45) is 0 Å². The normalized spacial score (nSPS) is 25.5. The number of nitrogens with one attached hydrogen (secondary N) is 1. The Bertz CT molecular complexity index is 310. The molecule has 0 aromatic heterocycles. The first kappa shape index (κ1) is 10.5. The molecule has 2 N–H and O–H groups in total. The predicted molar refractivity (Wildman–Crippen MR) is 59.1 cm³/mol. The highest BCUT2D eigenvalue weighted by atomic mass is 16.5. The second-order valence-corrected chi connectivity index (χ2v) is 4.12. The van der Waals surface area contributed by atoms with Gasteiger partial charge in [0.1, 0.15) is 12.4 Å². The highest BCUT2D eigenvalue weighted by molar-refractivity contribution is 5.26. The van der Waals surface area contributed by atoms with Crippen LogP contribution in [0.25, 0.3) is 0 Å². The van der Waals surface area contributed by atoms with E-state index in [2.05, 4.69) is 12.2 Å². The van der Waals surface area contributed by atoms with Crippen LogP contribution in [0.1, 0.15) is 12.0 Å². The van der Waals surface area contributed by atoms with E-state index in [1.165, 1.54) is 5.56 Å². The van der Waals surface area contributed by atoms with E-state index in [1.807, 2.05) is 24.3 Å². The third kappa shape index (κ3) is 2.94. The van der Waals surface area contributed by atoms with Crippen LogP contribution in [-0.4, -0.2) is 30.4 Å². The monoisotopic (exact) mass is 207 g/mol. The third-order valence-corrected chi connectivity index (χ3v) is 2.67. The Kier molecular flexibility index (Phi) is 3.23. The maximum absolute atomic E-state index is 9.32. The largest absolute Gasteiger partial charge is 0.492 e. The minimum atomic E-state index is -0.211. The average Bonchev–Trinajstić information content (AvgIpc) is 2.64. The molecule has 1 heterocycles. The van der Waals surface area contributed by atoms with Gasteiger partial charge in [0.05, 0.1) is 6.10 Å². The Morgan fingerprint density at radius 2 is 2.13 bits per heavy atom. The van der Waals surface area contributed by atoms with Crippen LogP contribution in [0, 0.1) is 6.92 Å². The average molecular weight is 207 g/mol. The molecule has 2 rings (SSSR count). The number of ether oxygens (including phenoxy) is 1. The molecule has 0 bridgehead atoms. The van der Waals surface area contributed by atoms with Crippen LogP contribution in [0.2, 0.25) is 0 Å². The minimum absolute atomic E-state index is 0.211. The molecule has 3 nitrogen and oxygen atoms in total. The number of β-amino-alcohol motifs (C(OH)–C–C–N with tert-alkyl or cyclic N) is 1. The van der Waals surface area contributed by atoms with Gasteiger partial charge in [-0.25, -0.2) is 0 Å². The molecule has 1 aromatic carbocycles. The van der Waals surface area contributed by atoms with Crippen LogP contribution in [0.4, 0.5) is 0 Å². The maximum atomic E-state index is 9.32. The van der Waals surface area contributed by atoms with Gasteiger partial charge in [0.25, 0.3) is 0 Å². The van der Waals surface area contributed by atoms with Crippen LogP contribution in [0.5, 0.6) is 5.75 Å². The lowest BCUT2D eigenvalue weighted by atomic mass is 10.2. The van der Waals surface area contributed by atoms with Crippen molar-refractivity contribution in [1.82, 2.24) is 5.32 Å². The molecule has 0 spiro atoms. The third-order valence-electron chi connectivity index (χ3n) is 2.67. The van der Waals surface area contributed by atoms with E-state index in [9.17, 15) is 5.11 Å². The molecular formula is C12H17NO2. The van der Waals surface area contributed by atoms with Crippen LogP contribution in [-0.2, 0) is 0 Å². The summed E-state index contributed by atoms with van der Waals surface area (Å²) in [4.78, 5) is 0. The van der Waals surface area contributed by atoms with E-state index in [-0.39, 0.29) is 12.1 Å². The Morgan fingerprint density at radius 1 is 1.40 bits per heavy atom. The number of aliphatic hydroxyl groups is 1. The van der Waals surface area contributed by atoms with Crippen molar-refractivity contribution in [3.63, 3.8) is 0 Å². The minimum Gasteiger partial charge on any atom is -0.492 e. The van der Waals surface area contributed by atoms with Crippen LogP contribution in [0.3, 0.4) is 0 Å². The molecular weight excluding hydrogens is 190 g/mol. The highest BCUT2D eigenvalue weighted by Crippen LogP contribution is 2.13. The van der Waals surface area contributed by atoms with Crippen LogP contribution >= 0.6 is 0 Å². The number of aryl methyl sites for hydroxylation is 1. The summed E-state index contributed by atoms with van der Waals surface area (Å²) < 4.78 is 5.62. The second kappa shape index (κ2) is 4.64. The maximum Gasteiger partial charge on any atom is 0.119 e. The number of rotatable bonds is 3. The lowest BCUT2D eigenvalue weighted by Gasteiger charge is -2.11. The van der Waals surface area contributed by atoms with Gasteiger partial charge in [0.2, 0.25) is 0 Å². The summed E-state index contributed by atoms with van der Waals surface area (Å²) in [6.45, 7) is 3.36. The molecule has 1 aliphatic heterocycles. The fourth-order valence-corrected chi connectivity index (χ4v) is 1.76. The van der Waals surface area contributed by atoms with E-state index < -0.39 is 0 Å². The molecule has 0 unspecified atom stereocenters. The van der Waals surface area contributed by atoms with Gasteiger partial charge in [-0.15, -0.1) is 0 Å². The zero-order valence-corrected chi connectivity index (χ0v) is 8.94. The molecule has 1 fully saturated rings. The Hall–Kier alpha value is -1.06. The number of hydrogen-bond donors (Lipinski definition) is 2. The van der Waals surface area contributed by atoms with Crippen molar-refractivity contribution < 1.29 is 9.84 Å². The van der Waals surface area contributed by atoms with Gasteiger partial charge in [0.15, 0.2) is 0 Å². The molecule has 0 aliphatic carbocycles. The number of hydrogen-bond acceptors (Lipinski definition) is 3. The van der Waals surface area contributed by atoms with Crippen LogP contribution in [0.15, 0.2) is 24.3 Å². The summed E-state index contributed by atoms with van der Waals surface area (Å²) in [6, 6.07) is 8.29. The summed E-state index contributed by atoms with van der Waals surface area (Å²) in [6.07, 6.45) is 0.572. The van der Waals surface area contributed by atoms with Crippen molar-refractivity contribution >= 4 is 0 Å². The smallest absolute Gasteiger partial charge is 0.119 e. The van der Waals surface area contributed by atoms with Gasteiger partial charge in [-0.3, -0.25) is 0 Å². The lowest BCUT2D eigenvalue weighted by Crippen LogP contribution is -2.28. The van der Waals surface area contributed by atoms with Crippen molar-refractivity contribution in [2.45, 2.75) is 25.5 Å². The Morgan fingerprint density at radius 3 is 2.73 bits per heavy atom. The molecule has 1 aliphatic rings. The van der Waals surface area contributed by atoms with Gasteiger partial charge in [-0.1, -0.05) is 17.7 Å². The van der Waals surface area contributed by atoms with Crippen molar-refractivity contribution in [3.8, 4) is 5.75 Å².